The molecule has 0 aliphatic carbocycles. The maximum Gasteiger partial charge on any atom is 0.0453 e. The topological polar surface area (TPSA) is 15.3 Å². The monoisotopic (exact) mass is 280 g/mol. The lowest BCUT2D eigenvalue weighted by atomic mass is 10.0. The number of hydrogen-bond donors (Lipinski definition) is 1. The third kappa shape index (κ3) is 4.48. The van der Waals surface area contributed by atoms with Gasteiger partial charge in [0.25, 0.3) is 0 Å². The summed E-state index contributed by atoms with van der Waals surface area (Å²) < 4.78 is 0. The van der Waals surface area contributed by atoms with E-state index < -0.39 is 0 Å². The van der Waals surface area contributed by atoms with Crippen LogP contribution < -0.4 is 5.32 Å². The van der Waals surface area contributed by atoms with Crippen molar-refractivity contribution in [3.05, 3.63) is 34.3 Å². The van der Waals surface area contributed by atoms with Crippen LogP contribution in [0.3, 0.4) is 0 Å². The van der Waals surface area contributed by atoms with Gasteiger partial charge in [0, 0.05) is 24.2 Å². The van der Waals surface area contributed by atoms with Crippen molar-refractivity contribution in [2.45, 2.75) is 45.7 Å². The van der Waals surface area contributed by atoms with Crippen molar-refractivity contribution in [2.75, 3.05) is 19.6 Å². The van der Waals surface area contributed by atoms with Crippen LogP contribution >= 0.6 is 11.6 Å². The van der Waals surface area contributed by atoms with Crippen LogP contribution in [0.2, 0.25) is 5.02 Å². The van der Waals surface area contributed by atoms with Gasteiger partial charge in [-0.15, -0.1) is 0 Å². The lowest BCUT2D eigenvalue weighted by Gasteiger charge is -2.30. The van der Waals surface area contributed by atoms with Gasteiger partial charge < -0.3 is 5.32 Å². The van der Waals surface area contributed by atoms with Crippen LogP contribution in [0.25, 0.3) is 0 Å². The molecule has 1 atom stereocenters. The van der Waals surface area contributed by atoms with Crippen LogP contribution in [0, 0.1) is 6.92 Å². The highest BCUT2D eigenvalue weighted by Gasteiger charge is 2.16. The number of nitrogens with zero attached hydrogens (tertiary/aromatic N) is 1. The highest BCUT2D eigenvalue weighted by atomic mass is 35.5. The first kappa shape index (κ1) is 14.8. The average molecular weight is 281 g/mol. The summed E-state index contributed by atoms with van der Waals surface area (Å²) >= 11 is 6.33. The van der Waals surface area contributed by atoms with E-state index in [0.29, 0.717) is 6.04 Å². The molecule has 19 heavy (non-hydrogen) atoms. The number of likely N-dealkylation sites (N-methyl/N-ethyl adjacent to an activating group) is 1. The van der Waals surface area contributed by atoms with Crippen LogP contribution in [0.4, 0.5) is 0 Å². The van der Waals surface area contributed by atoms with E-state index in [1.807, 2.05) is 0 Å². The quantitative estimate of drug-likeness (QED) is 0.886. The second-order valence-electron chi connectivity index (χ2n) is 5.57. The Morgan fingerprint density at radius 3 is 2.84 bits per heavy atom. The lowest BCUT2D eigenvalue weighted by Crippen LogP contribution is -2.43. The van der Waals surface area contributed by atoms with Crippen molar-refractivity contribution >= 4 is 11.6 Å². The maximum atomic E-state index is 6.33. The minimum Gasteiger partial charge on any atom is -0.313 e. The SMILES string of the molecule is CCN(Cc1ccc(C)cc1Cl)CC1CCCCN1. The summed E-state index contributed by atoms with van der Waals surface area (Å²) in [6.07, 6.45) is 3.99. The number of rotatable bonds is 5. The van der Waals surface area contributed by atoms with E-state index in [2.05, 4.69) is 42.3 Å². The second-order valence-corrected chi connectivity index (χ2v) is 5.98. The molecule has 0 spiro atoms. The van der Waals surface area contributed by atoms with Crippen LogP contribution in [0.15, 0.2) is 18.2 Å². The molecule has 1 unspecified atom stereocenters. The van der Waals surface area contributed by atoms with Crippen LogP contribution in [-0.2, 0) is 6.54 Å². The van der Waals surface area contributed by atoms with Crippen LogP contribution in [-0.4, -0.2) is 30.6 Å². The summed E-state index contributed by atoms with van der Waals surface area (Å²) in [4.78, 5) is 2.49. The van der Waals surface area contributed by atoms with Crippen molar-refractivity contribution in [3.63, 3.8) is 0 Å². The summed E-state index contributed by atoms with van der Waals surface area (Å²) in [5, 5.41) is 4.52. The van der Waals surface area contributed by atoms with E-state index in [1.54, 1.807) is 0 Å². The fraction of sp³-hybridized carbons (Fsp3) is 0.625. The average Bonchev–Trinajstić information content (AvgIpc) is 2.42. The Hall–Kier alpha value is -0.570. The zero-order valence-electron chi connectivity index (χ0n) is 12.1. The Morgan fingerprint density at radius 2 is 2.21 bits per heavy atom. The molecule has 1 aromatic rings. The van der Waals surface area contributed by atoms with Gasteiger partial charge in [0.2, 0.25) is 0 Å². The molecule has 1 aliphatic rings. The minimum absolute atomic E-state index is 0.651. The molecule has 1 aliphatic heterocycles. The fourth-order valence-corrected chi connectivity index (χ4v) is 3.01. The minimum atomic E-state index is 0.651. The molecule has 0 saturated carbocycles. The Balaban J connectivity index is 1.94. The second kappa shape index (κ2) is 7.28. The predicted molar refractivity (Wildman–Crippen MR) is 82.8 cm³/mol. The summed E-state index contributed by atoms with van der Waals surface area (Å²) in [5.74, 6) is 0. The summed E-state index contributed by atoms with van der Waals surface area (Å²) in [6, 6.07) is 7.02. The highest BCUT2D eigenvalue weighted by Crippen LogP contribution is 2.20. The zero-order valence-corrected chi connectivity index (χ0v) is 12.8. The van der Waals surface area contributed by atoms with Gasteiger partial charge in [-0.3, -0.25) is 4.90 Å². The highest BCUT2D eigenvalue weighted by molar-refractivity contribution is 6.31. The molecule has 1 fully saturated rings. The smallest absolute Gasteiger partial charge is 0.0453 e. The molecule has 1 N–H and O–H groups in total. The molecule has 1 aromatic carbocycles. The molecule has 3 heteroatoms. The number of aryl methyl sites for hydroxylation is 1. The van der Waals surface area contributed by atoms with Gasteiger partial charge in [-0.05, 0) is 50.0 Å². The number of piperidine rings is 1. The summed E-state index contributed by atoms with van der Waals surface area (Å²) in [5.41, 5.74) is 2.47. The van der Waals surface area contributed by atoms with Crippen molar-refractivity contribution in [1.82, 2.24) is 10.2 Å². The van der Waals surface area contributed by atoms with Gasteiger partial charge in [0.1, 0.15) is 0 Å². The van der Waals surface area contributed by atoms with Gasteiger partial charge in [-0.1, -0.05) is 37.1 Å². The van der Waals surface area contributed by atoms with Gasteiger partial charge in [0.05, 0.1) is 0 Å². The standard InChI is InChI=1S/C16H25ClN2/c1-3-19(12-15-6-4-5-9-18-15)11-14-8-7-13(2)10-16(14)17/h7-8,10,15,18H,3-6,9,11-12H2,1-2H3. The summed E-state index contributed by atoms with van der Waals surface area (Å²) in [7, 11) is 0. The Labute approximate surface area is 122 Å². The summed E-state index contributed by atoms with van der Waals surface area (Å²) in [6.45, 7) is 8.63. The Bertz CT molecular complexity index is 400. The largest absolute Gasteiger partial charge is 0.313 e. The molecule has 106 valence electrons. The number of nitrogens with one attached hydrogen (secondary N) is 1. The number of hydrogen-bond acceptors (Lipinski definition) is 2. The predicted octanol–water partition coefficient (Wildman–Crippen LogP) is 3.61. The first-order valence-electron chi connectivity index (χ1n) is 7.40. The molecule has 1 saturated heterocycles. The van der Waals surface area contributed by atoms with Crippen LogP contribution in [0.1, 0.15) is 37.3 Å². The maximum absolute atomic E-state index is 6.33. The number of benzene rings is 1. The molecule has 0 bridgehead atoms. The molecule has 0 aromatic heterocycles. The molecule has 2 rings (SSSR count). The van der Waals surface area contributed by atoms with E-state index in [9.17, 15) is 0 Å². The Morgan fingerprint density at radius 1 is 1.37 bits per heavy atom. The molecule has 2 nitrogen and oxygen atoms in total. The van der Waals surface area contributed by atoms with E-state index in [4.69, 9.17) is 11.6 Å². The molecular formula is C16H25ClN2. The van der Waals surface area contributed by atoms with Crippen LogP contribution in [0.5, 0.6) is 0 Å². The first-order chi connectivity index (χ1) is 9.19. The Kier molecular flexibility index (Phi) is 5.68. The van der Waals surface area contributed by atoms with Crippen molar-refractivity contribution in [3.8, 4) is 0 Å². The normalized spacial score (nSPS) is 19.9. The third-order valence-corrected chi connectivity index (χ3v) is 4.29. The van der Waals surface area contributed by atoms with Gasteiger partial charge in [-0.2, -0.15) is 0 Å². The van der Waals surface area contributed by atoms with Crippen molar-refractivity contribution < 1.29 is 0 Å². The van der Waals surface area contributed by atoms with E-state index in [-0.39, 0.29) is 0 Å². The molecular weight excluding hydrogens is 256 g/mol. The van der Waals surface area contributed by atoms with Gasteiger partial charge in [-0.25, -0.2) is 0 Å². The fourth-order valence-electron chi connectivity index (χ4n) is 2.72. The van der Waals surface area contributed by atoms with Crippen molar-refractivity contribution in [1.29, 1.82) is 0 Å². The van der Waals surface area contributed by atoms with E-state index in [0.717, 1.165) is 24.7 Å². The van der Waals surface area contributed by atoms with Crippen molar-refractivity contribution in [2.24, 2.45) is 0 Å². The number of halogens is 1. The molecule has 0 amide bonds. The van der Waals surface area contributed by atoms with E-state index >= 15 is 0 Å². The van der Waals surface area contributed by atoms with Gasteiger partial charge >= 0.3 is 0 Å². The van der Waals surface area contributed by atoms with E-state index in [1.165, 1.54) is 36.9 Å². The molecule has 1 heterocycles. The van der Waals surface area contributed by atoms with Gasteiger partial charge in [0.15, 0.2) is 0 Å². The zero-order chi connectivity index (χ0) is 13.7. The lowest BCUT2D eigenvalue weighted by molar-refractivity contribution is 0.226. The first-order valence-corrected chi connectivity index (χ1v) is 7.77. The third-order valence-electron chi connectivity index (χ3n) is 3.94. The molecule has 0 radical (unpaired) electrons.